The second kappa shape index (κ2) is 3.71. The van der Waals surface area contributed by atoms with Crippen molar-refractivity contribution < 1.29 is 9.53 Å². The van der Waals surface area contributed by atoms with Gasteiger partial charge in [0, 0.05) is 13.0 Å². The van der Waals surface area contributed by atoms with Gasteiger partial charge >= 0.3 is 5.97 Å². The largest absolute Gasteiger partial charge is 0.462 e. The predicted octanol–water partition coefficient (Wildman–Crippen LogP) is 2.09. The van der Waals surface area contributed by atoms with Crippen molar-refractivity contribution in [3.05, 3.63) is 0 Å². The van der Waals surface area contributed by atoms with Crippen LogP contribution < -0.4 is 5.73 Å². The molecule has 0 aromatic heterocycles. The SMILES string of the molecule is CC(=O)O[C@@H]1CC2(C[C@H]1C)C1CC[C@H](C1)[C@@H]2N. The zero-order valence-corrected chi connectivity index (χ0v) is 10.8. The van der Waals surface area contributed by atoms with Crippen LogP contribution in [0.25, 0.3) is 0 Å². The van der Waals surface area contributed by atoms with Crippen molar-refractivity contribution in [2.45, 2.75) is 58.1 Å². The van der Waals surface area contributed by atoms with Crippen molar-refractivity contribution in [2.24, 2.45) is 28.9 Å². The summed E-state index contributed by atoms with van der Waals surface area (Å²) in [5, 5.41) is 0. The van der Waals surface area contributed by atoms with Crippen molar-refractivity contribution >= 4 is 5.97 Å². The average molecular weight is 237 g/mol. The lowest BCUT2D eigenvalue weighted by Gasteiger charge is -2.39. The Morgan fingerprint density at radius 1 is 1.35 bits per heavy atom. The van der Waals surface area contributed by atoms with E-state index in [1.807, 2.05) is 0 Å². The third-order valence-electron chi connectivity index (χ3n) is 5.69. The average Bonchev–Trinajstić information content (AvgIpc) is 2.87. The summed E-state index contributed by atoms with van der Waals surface area (Å²) in [4.78, 5) is 11.1. The Morgan fingerprint density at radius 3 is 2.71 bits per heavy atom. The lowest BCUT2D eigenvalue weighted by molar-refractivity contribution is -0.148. The zero-order valence-electron chi connectivity index (χ0n) is 10.8. The van der Waals surface area contributed by atoms with Crippen LogP contribution in [0.4, 0.5) is 0 Å². The fourth-order valence-electron chi connectivity index (χ4n) is 4.97. The van der Waals surface area contributed by atoms with E-state index in [4.69, 9.17) is 10.5 Å². The molecule has 0 aliphatic heterocycles. The van der Waals surface area contributed by atoms with Crippen molar-refractivity contribution in [3.8, 4) is 0 Å². The topological polar surface area (TPSA) is 52.3 Å². The van der Waals surface area contributed by atoms with E-state index in [0.29, 0.717) is 17.4 Å². The summed E-state index contributed by atoms with van der Waals surface area (Å²) in [5.41, 5.74) is 6.77. The van der Waals surface area contributed by atoms with Crippen molar-refractivity contribution in [2.75, 3.05) is 0 Å². The number of carbonyl (C=O) groups excluding carboxylic acids is 1. The second-order valence-corrected chi connectivity index (χ2v) is 6.56. The molecule has 3 rings (SSSR count). The van der Waals surface area contributed by atoms with Crippen LogP contribution in [0.15, 0.2) is 0 Å². The maximum Gasteiger partial charge on any atom is 0.302 e. The number of rotatable bonds is 1. The summed E-state index contributed by atoms with van der Waals surface area (Å²) in [6.45, 7) is 3.72. The molecule has 0 aromatic carbocycles. The molecule has 17 heavy (non-hydrogen) atoms. The van der Waals surface area contributed by atoms with Gasteiger partial charge in [-0.05, 0) is 55.3 Å². The summed E-state index contributed by atoms with van der Waals surface area (Å²) in [6.07, 6.45) is 6.26. The van der Waals surface area contributed by atoms with Crippen molar-refractivity contribution in [1.29, 1.82) is 0 Å². The van der Waals surface area contributed by atoms with Gasteiger partial charge in [-0.3, -0.25) is 4.79 Å². The zero-order chi connectivity index (χ0) is 12.2. The summed E-state index contributed by atoms with van der Waals surface area (Å²) in [7, 11) is 0. The Bertz CT molecular complexity index is 339. The maximum atomic E-state index is 11.1. The number of ether oxygens (including phenoxy) is 1. The highest BCUT2D eigenvalue weighted by atomic mass is 16.5. The van der Waals surface area contributed by atoms with Crippen molar-refractivity contribution in [1.82, 2.24) is 0 Å². The molecule has 6 atom stereocenters. The molecule has 2 N–H and O–H groups in total. The number of esters is 1. The van der Waals surface area contributed by atoms with E-state index in [0.717, 1.165) is 24.7 Å². The van der Waals surface area contributed by atoms with Gasteiger partial charge in [0.15, 0.2) is 0 Å². The van der Waals surface area contributed by atoms with Gasteiger partial charge in [-0.2, -0.15) is 0 Å². The molecule has 3 aliphatic carbocycles. The minimum atomic E-state index is -0.143. The summed E-state index contributed by atoms with van der Waals surface area (Å²) in [5.74, 6) is 1.87. The molecule has 2 bridgehead atoms. The summed E-state index contributed by atoms with van der Waals surface area (Å²) < 4.78 is 5.47. The Morgan fingerprint density at radius 2 is 2.12 bits per heavy atom. The lowest BCUT2D eigenvalue weighted by atomic mass is 9.68. The molecule has 3 aliphatic rings. The quantitative estimate of drug-likeness (QED) is 0.710. The monoisotopic (exact) mass is 237 g/mol. The number of nitrogens with two attached hydrogens (primary N) is 1. The van der Waals surface area contributed by atoms with Crippen LogP contribution >= 0.6 is 0 Å². The number of fused-ring (bicyclic) bond motifs is 3. The van der Waals surface area contributed by atoms with Gasteiger partial charge in [0.1, 0.15) is 6.10 Å². The number of hydrogen-bond donors (Lipinski definition) is 1. The van der Waals surface area contributed by atoms with E-state index in [1.165, 1.54) is 26.2 Å². The van der Waals surface area contributed by atoms with Gasteiger partial charge in [0.25, 0.3) is 0 Å². The van der Waals surface area contributed by atoms with Crippen LogP contribution in [0.5, 0.6) is 0 Å². The van der Waals surface area contributed by atoms with Crippen LogP contribution in [0.3, 0.4) is 0 Å². The number of hydrogen-bond acceptors (Lipinski definition) is 3. The third kappa shape index (κ3) is 1.55. The Kier molecular flexibility index (Phi) is 2.51. The first kappa shape index (κ1) is 11.5. The van der Waals surface area contributed by atoms with Crippen molar-refractivity contribution in [3.63, 3.8) is 0 Å². The molecule has 0 aromatic rings. The molecule has 96 valence electrons. The fourth-order valence-corrected chi connectivity index (χ4v) is 4.97. The fraction of sp³-hybridized carbons (Fsp3) is 0.929. The van der Waals surface area contributed by atoms with Gasteiger partial charge < -0.3 is 10.5 Å². The highest BCUT2D eigenvalue weighted by Crippen LogP contribution is 2.63. The Balaban J connectivity index is 1.80. The van der Waals surface area contributed by atoms with Crippen LogP contribution in [0, 0.1) is 23.2 Å². The van der Waals surface area contributed by atoms with E-state index < -0.39 is 0 Å². The summed E-state index contributed by atoms with van der Waals surface area (Å²) >= 11 is 0. The molecule has 1 spiro atoms. The molecule has 3 saturated carbocycles. The van der Waals surface area contributed by atoms with E-state index in [9.17, 15) is 4.79 Å². The molecule has 3 nitrogen and oxygen atoms in total. The van der Waals surface area contributed by atoms with Gasteiger partial charge in [-0.1, -0.05) is 6.92 Å². The third-order valence-corrected chi connectivity index (χ3v) is 5.69. The standard InChI is InChI=1S/C14H23NO2/c1-8-6-14(7-12(8)17-9(2)16)11-4-3-10(5-11)13(14)15/h8,10-13H,3-7,15H2,1-2H3/t8-,10-,11?,12-,13+,14?/m1/s1. The first-order valence-corrected chi connectivity index (χ1v) is 6.96. The highest BCUT2D eigenvalue weighted by Gasteiger charge is 2.61. The van der Waals surface area contributed by atoms with Crippen LogP contribution in [0.1, 0.15) is 46.0 Å². The summed E-state index contributed by atoms with van der Waals surface area (Å²) in [6, 6.07) is 0.351. The minimum Gasteiger partial charge on any atom is -0.462 e. The first-order chi connectivity index (χ1) is 8.03. The van der Waals surface area contributed by atoms with E-state index in [1.54, 1.807) is 0 Å². The molecule has 2 unspecified atom stereocenters. The van der Waals surface area contributed by atoms with Gasteiger partial charge in [0.05, 0.1) is 0 Å². The van der Waals surface area contributed by atoms with E-state index >= 15 is 0 Å². The van der Waals surface area contributed by atoms with Gasteiger partial charge in [-0.25, -0.2) is 0 Å². The first-order valence-electron chi connectivity index (χ1n) is 6.96. The lowest BCUT2D eigenvalue weighted by Crippen LogP contribution is -2.45. The van der Waals surface area contributed by atoms with Crippen LogP contribution in [0.2, 0.25) is 0 Å². The Hall–Kier alpha value is -0.570. The van der Waals surface area contributed by atoms with E-state index in [2.05, 4.69) is 6.92 Å². The normalized spacial score (nSPS) is 52.3. The van der Waals surface area contributed by atoms with Gasteiger partial charge in [0.2, 0.25) is 0 Å². The minimum absolute atomic E-state index is 0.109. The highest BCUT2D eigenvalue weighted by molar-refractivity contribution is 5.66. The second-order valence-electron chi connectivity index (χ2n) is 6.56. The molecule has 0 saturated heterocycles. The van der Waals surface area contributed by atoms with Crippen LogP contribution in [-0.4, -0.2) is 18.1 Å². The number of carbonyl (C=O) groups is 1. The predicted molar refractivity (Wildman–Crippen MR) is 65.2 cm³/mol. The van der Waals surface area contributed by atoms with Crippen LogP contribution in [-0.2, 0) is 9.53 Å². The Labute approximate surface area is 103 Å². The molecule has 3 fully saturated rings. The van der Waals surface area contributed by atoms with Gasteiger partial charge in [-0.15, -0.1) is 0 Å². The maximum absolute atomic E-state index is 11.1. The molecule has 0 radical (unpaired) electrons. The molecule has 3 heteroatoms. The molecule has 0 heterocycles. The van der Waals surface area contributed by atoms with E-state index in [-0.39, 0.29) is 12.1 Å². The smallest absolute Gasteiger partial charge is 0.302 e. The molecular formula is C14H23NO2. The molecular weight excluding hydrogens is 214 g/mol. The molecule has 0 amide bonds.